The fourth-order valence-electron chi connectivity index (χ4n) is 1.83. The fourth-order valence-corrected chi connectivity index (χ4v) is 3.71. The molecular formula is C12H14ClNO6S. The molecule has 7 nitrogen and oxygen atoms in total. The van der Waals surface area contributed by atoms with Crippen LogP contribution in [0, 0.1) is 0 Å². The van der Waals surface area contributed by atoms with Gasteiger partial charge in [-0.1, -0.05) is 23.7 Å². The molecular weight excluding hydrogens is 322 g/mol. The lowest BCUT2D eigenvalue weighted by Gasteiger charge is -2.30. The van der Waals surface area contributed by atoms with E-state index in [-0.39, 0.29) is 5.56 Å². The predicted octanol–water partition coefficient (Wildman–Crippen LogP) is 0.466. The zero-order valence-corrected chi connectivity index (χ0v) is 12.6. The summed E-state index contributed by atoms with van der Waals surface area (Å²) in [5, 5.41) is 15.6. The van der Waals surface area contributed by atoms with Crippen molar-refractivity contribution in [2.24, 2.45) is 5.73 Å². The number of nitrogens with two attached hydrogens (primary N) is 1. The van der Waals surface area contributed by atoms with Crippen molar-refractivity contribution in [1.29, 1.82) is 0 Å². The van der Waals surface area contributed by atoms with E-state index in [2.05, 4.69) is 0 Å². The Kier molecular flexibility index (Phi) is 4.98. The quantitative estimate of drug-likeness (QED) is 0.643. The average Bonchev–Trinajstić information content (AvgIpc) is 2.36. The average molecular weight is 336 g/mol. The highest BCUT2D eigenvalue weighted by Crippen LogP contribution is 2.33. The maximum Gasteiger partial charge on any atom is 0.333 e. The Balaban J connectivity index is 3.51. The molecule has 1 aromatic carbocycles. The monoisotopic (exact) mass is 335 g/mol. The molecule has 1 aromatic rings. The van der Waals surface area contributed by atoms with E-state index in [0.29, 0.717) is 5.02 Å². The molecule has 116 valence electrons. The summed E-state index contributed by atoms with van der Waals surface area (Å²) < 4.78 is 23.1. The van der Waals surface area contributed by atoms with Crippen LogP contribution in [0.25, 0.3) is 0 Å². The van der Waals surface area contributed by atoms with Gasteiger partial charge in [-0.3, -0.25) is 9.59 Å². The molecule has 1 unspecified atom stereocenters. The van der Waals surface area contributed by atoms with Crippen LogP contribution >= 0.6 is 11.6 Å². The van der Waals surface area contributed by atoms with Gasteiger partial charge in [0, 0.05) is 11.6 Å². The Morgan fingerprint density at radius 1 is 1.24 bits per heavy atom. The molecule has 21 heavy (non-hydrogen) atoms. The molecule has 1 atom stereocenters. The molecule has 1 rings (SSSR count). The summed E-state index contributed by atoms with van der Waals surface area (Å²) in [4.78, 5) is 22.0. The van der Waals surface area contributed by atoms with Crippen molar-refractivity contribution in [3.8, 4) is 0 Å². The first kappa shape index (κ1) is 17.4. The predicted molar refractivity (Wildman–Crippen MR) is 75.8 cm³/mol. The highest BCUT2D eigenvalue weighted by Gasteiger charge is 2.51. The summed E-state index contributed by atoms with van der Waals surface area (Å²) >= 11 is 5.71. The van der Waals surface area contributed by atoms with Crippen LogP contribution < -0.4 is 5.73 Å². The first-order valence-electron chi connectivity index (χ1n) is 5.73. The van der Waals surface area contributed by atoms with Crippen LogP contribution in [0.2, 0.25) is 5.02 Å². The van der Waals surface area contributed by atoms with Gasteiger partial charge in [0.25, 0.3) is 5.25 Å². The van der Waals surface area contributed by atoms with Crippen LogP contribution in [0.5, 0.6) is 0 Å². The Labute approximate surface area is 126 Å². The van der Waals surface area contributed by atoms with Gasteiger partial charge in [-0.15, -0.1) is 0 Å². The minimum atomic E-state index is -4.64. The number of carboxylic acids is 2. The molecule has 0 heterocycles. The Morgan fingerprint density at radius 3 is 2.00 bits per heavy atom. The van der Waals surface area contributed by atoms with Gasteiger partial charge >= 0.3 is 11.9 Å². The number of hydrogen-bond acceptors (Lipinski definition) is 5. The lowest BCUT2D eigenvalue weighted by atomic mass is 10.0. The molecule has 0 fully saturated rings. The van der Waals surface area contributed by atoms with Crippen molar-refractivity contribution in [3.05, 3.63) is 34.9 Å². The SMILES string of the molecule is CC(CN)(c1ccc(Cl)cc1)S(=O)(=O)C(C(=O)O)C(=O)O. The van der Waals surface area contributed by atoms with Crippen LogP contribution in [0.1, 0.15) is 12.5 Å². The van der Waals surface area contributed by atoms with E-state index in [0.717, 1.165) is 0 Å². The van der Waals surface area contributed by atoms with E-state index in [1.807, 2.05) is 0 Å². The summed E-state index contributed by atoms with van der Waals surface area (Å²) in [6, 6.07) is 5.56. The van der Waals surface area contributed by atoms with Crippen LogP contribution in [-0.4, -0.2) is 42.4 Å². The summed E-state index contributed by atoms with van der Waals surface area (Å²) in [5.74, 6) is -3.92. The van der Waals surface area contributed by atoms with E-state index in [1.165, 1.54) is 31.2 Å². The van der Waals surface area contributed by atoms with E-state index >= 15 is 0 Å². The first-order valence-corrected chi connectivity index (χ1v) is 7.65. The van der Waals surface area contributed by atoms with E-state index in [1.54, 1.807) is 0 Å². The van der Waals surface area contributed by atoms with E-state index in [9.17, 15) is 18.0 Å². The van der Waals surface area contributed by atoms with E-state index < -0.39 is 38.3 Å². The lowest BCUT2D eigenvalue weighted by molar-refractivity contribution is -0.146. The smallest absolute Gasteiger partial charge is 0.333 e. The minimum absolute atomic E-state index is 0.168. The zero-order valence-electron chi connectivity index (χ0n) is 11.0. The molecule has 0 amide bonds. The van der Waals surface area contributed by atoms with Crippen molar-refractivity contribution >= 4 is 33.4 Å². The normalized spacial score (nSPS) is 14.7. The molecule has 0 aliphatic carbocycles. The Morgan fingerprint density at radius 2 is 1.67 bits per heavy atom. The second kappa shape index (κ2) is 6.00. The molecule has 4 N–H and O–H groups in total. The Bertz CT molecular complexity index is 643. The van der Waals surface area contributed by atoms with Crippen LogP contribution in [-0.2, 0) is 24.2 Å². The topological polar surface area (TPSA) is 135 Å². The van der Waals surface area contributed by atoms with Crippen molar-refractivity contribution in [1.82, 2.24) is 0 Å². The molecule has 0 saturated heterocycles. The molecule has 0 bridgehead atoms. The third kappa shape index (κ3) is 3.02. The molecule has 0 spiro atoms. The number of hydrogen-bond donors (Lipinski definition) is 3. The van der Waals surface area contributed by atoms with Gasteiger partial charge in [0.2, 0.25) is 0 Å². The highest BCUT2D eigenvalue weighted by molar-refractivity contribution is 7.94. The van der Waals surface area contributed by atoms with Crippen molar-refractivity contribution < 1.29 is 28.2 Å². The molecule has 0 saturated carbocycles. The number of benzene rings is 1. The molecule has 0 aliphatic heterocycles. The van der Waals surface area contributed by atoms with Crippen molar-refractivity contribution in [2.75, 3.05) is 6.54 Å². The Hall–Kier alpha value is -1.64. The van der Waals surface area contributed by atoms with Crippen LogP contribution in [0.4, 0.5) is 0 Å². The number of carbonyl (C=O) groups is 2. The van der Waals surface area contributed by atoms with Gasteiger partial charge in [0.15, 0.2) is 9.84 Å². The number of aliphatic carboxylic acids is 2. The molecule has 0 radical (unpaired) electrons. The van der Waals surface area contributed by atoms with Gasteiger partial charge in [-0.2, -0.15) is 0 Å². The lowest BCUT2D eigenvalue weighted by Crippen LogP contribution is -2.51. The third-order valence-electron chi connectivity index (χ3n) is 3.23. The highest BCUT2D eigenvalue weighted by atomic mass is 35.5. The van der Waals surface area contributed by atoms with Gasteiger partial charge in [0.1, 0.15) is 4.75 Å². The largest absolute Gasteiger partial charge is 0.480 e. The summed E-state index contributed by atoms with van der Waals surface area (Å²) in [6.45, 7) is 0.707. The second-order valence-electron chi connectivity index (χ2n) is 4.54. The third-order valence-corrected chi connectivity index (χ3v) is 6.17. The van der Waals surface area contributed by atoms with Crippen LogP contribution in [0.15, 0.2) is 24.3 Å². The van der Waals surface area contributed by atoms with Crippen molar-refractivity contribution in [2.45, 2.75) is 16.9 Å². The van der Waals surface area contributed by atoms with E-state index in [4.69, 9.17) is 27.5 Å². The maximum atomic E-state index is 12.5. The van der Waals surface area contributed by atoms with Gasteiger partial charge in [-0.25, -0.2) is 8.42 Å². The number of carboxylic acid groups (broad SMARTS) is 2. The molecule has 9 heteroatoms. The van der Waals surface area contributed by atoms with Gasteiger partial charge in [-0.05, 0) is 24.6 Å². The van der Waals surface area contributed by atoms with Crippen molar-refractivity contribution in [3.63, 3.8) is 0 Å². The minimum Gasteiger partial charge on any atom is -0.480 e. The van der Waals surface area contributed by atoms with Crippen LogP contribution in [0.3, 0.4) is 0 Å². The summed E-state index contributed by atoms with van der Waals surface area (Å²) in [5.41, 5.74) is 5.67. The number of rotatable bonds is 6. The first-order chi connectivity index (χ1) is 9.57. The standard InChI is InChI=1S/C12H14ClNO6S/c1-12(6-14,7-2-4-8(13)5-3-7)21(19,20)9(10(15)16)11(17)18/h2-5,9H,6,14H2,1H3,(H,15,16)(H,17,18). The number of halogens is 1. The number of sulfone groups is 1. The molecule has 0 aromatic heterocycles. The molecule has 0 aliphatic rings. The maximum absolute atomic E-state index is 12.5. The van der Waals surface area contributed by atoms with Gasteiger partial charge < -0.3 is 15.9 Å². The van der Waals surface area contributed by atoms with Gasteiger partial charge in [0.05, 0.1) is 0 Å². The summed E-state index contributed by atoms with van der Waals surface area (Å²) in [7, 11) is -4.64. The fraction of sp³-hybridized carbons (Fsp3) is 0.333. The zero-order chi connectivity index (χ0) is 16.4. The summed E-state index contributed by atoms with van der Waals surface area (Å²) in [6.07, 6.45) is 0. The second-order valence-corrected chi connectivity index (χ2v) is 7.44.